The van der Waals surface area contributed by atoms with Crippen LogP contribution in [0.15, 0.2) is 42.6 Å². The van der Waals surface area contributed by atoms with Crippen LogP contribution in [0.2, 0.25) is 0 Å². The van der Waals surface area contributed by atoms with E-state index in [0.717, 1.165) is 5.75 Å². The van der Waals surface area contributed by atoms with Gasteiger partial charge >= 0.3 is 0 Å². The van der Waals surface area contributed by atoms with Crippen LogP contribution in [0.25, 0.3) is 0 Å². The maximum absolute atomic E-state index is 5.70. The van der Waals surface area contributed by atoms with E-state index in [1.165, 1.54) is 5.56 Å². The molecule has 0 aliphatic heterocycles. The molecule has 4 heteroatoms. The molecular formula is C15H19ClN2O. The van der Waals surface area contributed by atoms with Gasteiger partial charge in [-0.1, -0.05) is 32.9 Å². The molecule has 19 heavy (non-hydrogen) atoms. The Kier molecular flexibility index (Phi) is 4.78. The van der Waals surface area contributed by atoms with E-state index in [4.69, 9.17) is 10.5 Å². The summed E-state index contributed by atoms with van der Waals surface area (Å²) in [5.74, 6) is 1.34. The fourth-order valence-corrected chi connectivity index (χ4v) is 1.60. The Morgan fingerprint density at radius 1 is 1.11 bits per heavy atom. The lowest BCUT2D eigenvalue weighted by molar-refractivity contribution is 0.460. The van der Waals surface area contributed by atoms with E-state index in [-0.39, 0.29) is 17.8 Å². The summed E-state index contributed by atoms with van der Waals surface area (Å²) >= 11 is 0. The van der Waals surface area contributed by atoms with Gasteiger partial charge in [-0.2, -0.15) is 0 Å². The molecule has 0 saturated carbocycles. The standard InChI is InChI=1S/C15H18N2O.ClH/c1-15(2,3)11-5-4-6-13(9-11)18-14-8-7-12(16)10-17-14;/h4-10H,16H2,1-3H3;1H. The van der Waals surface area contributed by atoms with Gasteiger partial charge in [-0.15, -0.1) is 12.4 Å². The molecule has 0 unspecified atom stereocenters. The van der Waals surface area contributed by atoms with Crippen molar-refractivity contribution in [3.05, 3.63) is 48.2 Å². The predicted molar refractivity (Wildman–Crippen MR) is 81.1 cm³/mol. The monoisotopic (exact) mass is 278 g/mol. The number of nitrogens with two attached hydrogens (primary N) is 1. The first-order chi connectivity index (χ1) is 8.45. The summed E-state index contributed by atoms with van der Waals surface area (Å²) < 4.78 is 5.70. The molecule has 0 amide bonds. The fourth-order valence-electron chi connectivity index (χ4n) is 1.60. The molecule has 0 atom stereocenters. The predicted octanol–water partition coefficient (Wildman–Crippen LogP) is 4.18. The van der Waals surface area contributed by atoms with E-state index in [9.17, 15) is 0 Å². The normalized spacial score (nSPS) is 10.7. The van der Waals surface area contributed by atoms with Crippen molar-refractivity contribution in [3.63, 3.8) is 0 Å². The first-order valence-electron chi connectivity index (χ1n) is 5.95. The summed E-state index contributed by atoms with van der Waals surface area (Å²) in [4.78, 5) is 4.12. The van der Waals surface area contributed by atoms with Crippen LogP contribution in [0.4, 0.5) is 5.69 Å². The van der Waals surface area contributed by atoms with Crippen LogP contribution in [0.5, 0.6) is 11.6 Å². The van der Waals surface area contributed by atoms with Crippen molar-refractivity contribution in [2.24, 2.45) is 0 Å². The van der Waals surface area contributed by atoms with Crippen LogP contribution in [0.3, 0.4) is 0 Å². The first kappa shape index (κ1) is 15.3. The summed E-state index contributed by atoms with van der Waals surface area (Å²) in [5.41, 5.74) is 7.55. The quantitative estimate of drug-likeness (QED) is 0.897. The highest BCUT2D eigenvalue weighted by Crippen LogP contribution is 2.27. The molecule has 1 heterocycles. The molecule has 0 spiro atoms. The summed E-state index contributed by atoms with van der Waals surface area (Å²) in [6.45, 7) is 6.52. The van der Waals surface area contributed by atoms with Gasteiger partial charge in [-0.3, -0.25) is 0 Å². The van der Waals surface area contributed by atoms with Gasteiger partial charge in [0.2, 0.25) is 5.88 Å². The number of rotatable bonds is 2. The molecule has 0 saturated heterocycles. The van der Waals surface area contributed by atoms with Crippen LogP contribution in [0.1, 0.15) is 26.3 Å². The molecule has 1 aromatic carbocycles. The van der Waals surface area contributed by atoms with Gasteiger partial charge in [0.1, 0.15) is 5.75 Å². The van der Waals surface area contributed by atoms with Crippen LogP contribution in [-0.2, 0) is 5.41 Å². The third-order valence-electron chi connectivity index (χ3n) is 2.68. The number of benzene rings is 1. The zero-order valence-corrected chi connectivity index (χ0v) is 12.2. The topological polar surface area (TPSA) is 48.1 Å². The smallest absolute Gasteiger partial charge is 0.219 e. The lowest BCUT2D eigenvalue weighted by Crippen LogP contribution is -2.10. The number of pyridine rings is 1. The maximum atomic E-state index is 5.70. The Morgan fingerprint density at radius 2 is 1.84 bits per heavy atom. The lowest BCUT2D eigenvalue weighted by atomic mass is 9.87. The maximum Gasteiger partial charge on any atom is 0.219 e. The molecule has 0 bridgehead atoms. The number of aromatic nitrogens is 1. The zero-order chi connectivity index (χ0) is 13.2. The third kappa shape index (κ3) is 4.14. The van der Waals surface area contributed by atoms with Crippen LogP contribution < -0.4 is 10.5 Å². The Bertz CT molecular complexity index is 533. The van der Waals surface area contributed by atoms with E-state index < -0.39 is 0 Å². The molecule has 2 aromatic rings. The van der Waals surface area contributed by atoms with Gasteiger partial charge in [0.15, 0.2) is 0 Å². The molecular weight excluding hydrogens is 260 g/mol. The highest BCUT2D eigenvalue weighted by atomic mass is 35.5. The average molecular weight is 279 g/mol. The molecule has 3 nitrogen and oxygen atoms in total. The molecule has 1 aromatic heterocycles. The molecule has 0 fully saturated rings. The second-order valence-corrected chi connectivity index (χ2v) is 5.31. The number of anilines is 1. The Labute approximate surface area is 120 Å². The van der Waals surface area contributed by atoms with E-state index in [1.807, 2.05) is 18.2 Å². The number of hydrogen-bond donors (Lipinski definition) is 1. The summed E-state index contributed by atoms with van der Waals surface area (Å²) in [5, 5.41) is 0. The van der Waals surface area contributed by atoms with Gasteiger partial charge in [-0.05, 0) is 29.2 Å². The van der Waals surface area contributed by atoms with Crippen LogP contribution in [-0.4, -0.2) is 4.98 Å². The number of nitrogens with zero attached hydrogens (tertiary/aromatic N) is 1. The largest absolute Gasteiger partial charge is 0.439 e. The first-order valence-corrected chi connectivity index (χ1v) is 5.95. The van der Waals surface area contributed by atoms with Crippen molar-refractivity contribution < 1.29 is 4.74 Å². The van der Waals surface area contributed by atoms with Gasteiger partial charge in [0.05, 0.1) is 11.9 Å². The second kappa shape index (κ2) is 5.93. The minimum atomic E-state index is 0. The second-order valence-electron chi connectivity index (χ2n) is 5.31. The average Bonchev–Trinajstić information content (AvgIpc) is 2.31. The molecule has 2 N–H and O–H groups in total. The van der Waals surface area contributed by atoms with E-state index in [2.05, 4.69) is 31.8 Å². The minimum absolute atomic E-state index is 0. The Hall–Kier alpha value is -1.74. The molecule has 102 valence electrons. The van der Waals surface area contributed by atoms with E-state index in [1.54, 1.807) is 18.3 Å². The van der Waals surface area contributed by atoms with Gasteiger partial charge in [0.25, 0.3) is 0 Å². The summed E-state index contributed by atoms with van der Waals surface area (Å²) in [7, 11) is 0. The number of hydrogen-bond acceptors (Lipinski definition) is 3. The van der Waals surface area contributed by atoms with Gasteiger partial charge in [-0.25, -0.2) is 4.98 Å². The fraction of sp³-hybridized carbons (Fsp3) is 0.267. The molecule has 0 aliphatic rings. The Morgan fingerprint density at radius 3 is 2.42 bits per heavy atom. The number of halogens is 1. The molecule has 2 rings (SSSR count). The van der Waals surface area contributed by atoms with Crippen molar-refractivity contribution in [3.8, 4) is 11.6 Å². The molecule has 0 aliphatic carbocycles. The van der Waals surface area contributed by atoms with Crippen molar-refractivity contribution in [2.75, 3.05) is 5.73 Å². The van der Waals surface area contributed by atoms with E-state index in [0.29, 0.717) is 11.6 Å². The third-order valence-corrected chi connectivity index (χ3v) is 2.68. The lowest BCUT2D eigenvalue weighted by Gasteiger charge is -2.19. The minimum Gasteiger partial charge on any atom is -0.439 e. The van der Waals surface area contributed by atoms with Crippen molar-refractivity contribution in [1.82, 2.24) is 4.98 Å². The summed E-state index contributed by atoms with van der Waals surface area (Å²) in [6.07, 6.45) is 1.59. The number of ether oxygens (including phenoxy) is 1. The van der Waals surface area contributed by atoms with Crippen LogP contribution >= 0.6 is 12.4 Å². The van der Waals surface area contributed by atoms with Gasteiger partial charge in [0, 0.05) is 6.07 Å². The van der Waals surface area contributed by atoms with Crippen LogP contribution in [0, 0.1) is 0 Å². The Balaban J connectivity index is 0.00000180. The van der Waals surface area contributed by atoms with Gasteiger partial charge < -0.3 is 10.5 Å². The van der Waals surface area contributed by atoms with Crippen molar-refractivity contribution in [2.45, 2.75) is 26.2 Å². The van der Waals surface area contributed by atoms with Crippen molar-refractivity contribution >= 4 is 18.1 Å². The highest BCUT2D eigenvalue weighted by Gasteiger charge is 2.14. The molecule has 0 radical (unpaired) electrons. The zero-order valence-electron chi connectivity index (χ0n) is 11.4. The summed E-state index contributed by atoms with van der Waals surface area (Å²) in [6, 6.07) is 11.6. The SMILES string of the molecule is CC(C)(C)c1cccc(Oc2ccc(N)cn2)c1.Cl. The van der Waals surface area contributed by atoms with E-state index >= 15 is 0 Å². The van der Waals surface area contributed by atoms with Crippen molar-refractivity contribution in [1.29, 1.82) is 0 Å². The highest BCUT2D eigenvalue weighted by molar-refractivity contribution is 5.85. The number of nitrogen functional groups attached to an aromatic ring is 1.